The fourth-order valence-corrected chi connectivity index (χ4v) is 6.53. The lowest BCUT2D eigenvalue weighted by Gasteiger charge is -2.31. The Kier molecular flexibility index (Phi) is 6.48. The molecule has 2 heterocycles. The summed E-state index contributed by atoms with van der Waals surface area (Å²) in [5.41, 5.74) is 6.09. The Morgan fingerprint density at radius 3 is 2.28 bits per heavy atom. The van der Waals surface area contributed by atoms with Crippen LogP contribution in [0.15, 0.2) is 76.0 Å². The summed E-state index contributed by atoms with van der Waals surface area (Å²) in [6, 6.07) is 19.7. The zero-order valence-corrected chi connectivity index (χ0v) is 23.0. The molecule has 198 valence electrons. The molecule has 0 bridgehead atoms. The van der Waals surface area contributed by atoms with Crippen molar-refractivity contribution in [1.82, 2.24) is 4.57 Å². The first kappa shape index (κ1) is 25.0. The Morgan fingerprint density at radius 1 is 0.872 bits per heavy atom. The second kappa shape index (κ2) is 10.1. The summed E-state index contributed by atoms with van der Waals surface area (Å²) in [6.07, 6.45) is 3.56. The molecule has 0 fully saturated rings. The van der Waals surface area contributed by atoms with E-state index in [0.29, 0.717) is 26.6 Å². The van der Waals surface area contributed by atoms with Crippen molar-refractivity contribution >= 4 is 23.1 Å². The number of aromatic nitrogens is 1. The predicted molar refractivity (Wildman–Crippen MR) is 152 cm³/mol. The molecule has 4 aromatic rings. The quantitative estimate of drug-likeness (QED) is 0.364. The third-order valence-corrected chi connectivity index (χ3v) is 8.27. The molecule has 7 nitrogen and oxygen atoms in total. The van der Waals surface area contributed by atoms with Crippen LogP contribution < -0.4 is 33.8 Å². The highest BCUT2D eigenvalue weighted by Gasteiger charge is 2.34. The van der Waals surface area contributed by atoms with Crippen molar-refractivity contribution in [2.45, 2.75) is 18.9 Å². The molecule has 1 aliphatic heterocycles. The van der Waals surface area contributed by atoms with Gasteiger partial charge in [-0.1, -0.05) is 53.8 Å². The maximum atomic E-state index is 14.1. The highest BCUT2D eigenvalue weighted by molar-refractivity contribution is 7.07. The van der Waals surface area contributed by atoms with E-state index < -0.39 is 0 Å². The number of benzene rings is 3. The summed E-state index contributed by atoms with van der Waals surface area (Å²) in [7, 11) is 6.38. The van der Waals surface area contributed by atoms with Crippen molar-refractivity contribution < 1.29 is 18.9 Å². The van der Waals surface area contributed by atoms with E-state index in [1.54, 1.807) is 28.4 Å². The van der Waals surface area contributed by atoms with Gasteiger partial charge in [0.2, 0.25) is 5.75 Å². The number of hydrogen-bond acceptors (Lipinski definition) is 7. The van der Waals surface area contributed by atoms with E-state index >= 15 is 0 Å². The third-order valence-electron chi connectivity index (χ3n) is 7.29. The van der Waals surface area contributed by atoms with Gasteiger partial charge in [0.1, 0.15) is 5.75 Å². The van der Waals surface area contributed by atoms with Crippen molar-refractivity contribution in [1.29, 1.82) is 0 Å². The fraction of sp³-hybridized carbons (Fsp3) is 0.226. The molecule has 0 saturated heterocycles. The van der Waals surface area contributed by atoms with Gasteiger partial charge in [0.15, 0.2) is 16.3 Å². The van der Waals surface area contributed by atoms with E-state index in [2.05, 4.69) is 18.2 Å². The van der Waals surface area contributed by atoms with E-state index in [1.807, 2.05) is 53.1 Å². The molecule has 8 heteroatoms. The monoisotopic (exact) mass is 540 g/mol. The van der Waals surface area contributed by atoms with Crippen LogP contribution >= 0.6 is 11.3 Å². The van der Waals surface area contributed by atoms with Crippen LogP contribution in [0.25, 0.3) is 11.8 Å². The Hall–Kier alpha value is -4.30. The summed E-state index contributed by atoms with van der Waals surface area (Å²) in [5.74, 6) is 2.29. The Morgan fingerprint density at radius 2 is 1.56 bits per heavy atom. The molecule has 0 spiro atoms. The molecular formula is C31H28N2O5S. The van der Waals surface area contributed by atoms with Crippen molar-refractivity contribution in [3.63, 3.8) is 0 Å². The zero-order valence-electron chi connectivity index (χ0n) is 22.2. The van der Waals surface area contributed by atoms with Crippen LogP contribution in [-0.2, 0) is 6.42 Å². The Labute approximate surface area is 229 Å². The molecule has 39 heavy (non-hydrogen) atoms. The average molecular weight is 541 g/mol. The minimum atomic E-state index is -0.317. The molecule has 1 aromatic heterocycles. The SMILES string of the molecule is COc1ccccc1C1C2=C(N=c3s/c(=C/c4cc(OC)c(OC)c(OC)c4)c(=O)n31)c1ccccc1CC2. The van der Waals surface area contributed by atoms with Crippen LogP contribution in [0.5, 0.6) is 23.0 Å². The summed E-state index contributed by atoms with van der Waals surface area (Å²) < 4.78 is 24.7. The molecular weight excluding hydrogens is 512 g/mol. The summed E-state index contributed by atoms with van der Waals surface area (Å²) in [4.78, 5) is 19.8. The Bertz CT molecular complexity index is 1780. The minimum Gasteiger partial charge on any atom is -0.496 e. The van der Waals surface area contributed by atoms with Crippen LogP contribution in [-0.4, -0.2) is 33.0 Å². The van der Waals surface area contributed by atoms with Gasteiger partial charge in [-0.25, -0.2) is 4.99 Å². The van der Waals surface area contributed by atoms with Gasteiger partial charge in [0, 0.05) is 11.1 Å². The number of rotatable bonds is 6. The lowest BCUT2D eigenvalue weighted by atomic mass is 9.83. The molecule has 1 atom stereocenters. The second-order valence-electron chi connectivity index (χ2n) is 9.31. The lowest BCUT2D eigenvalue weighted by Crippen LogP contribution is -2.39. The van der Waals surface area contributed by atoms with E-state index in [1.165, 1.54) is 16.9 Å². The second-order valence-corrected chi connectivity index (χ2v) is 10.3. The van der Waals surface area contributed by atoms with Crippen LogP contribution in [0.1, 0.15) is 34.7 Å². The third kappa shape index (κ3) is 4.12. The normalized spacial score (nSPS) is 16.1. The topological polar surface area (TPSA) is 71.3 Å². The largest absolute Gasteiger partial charge is 0.496 e. The average Bonchev–Trinajstić information content (AvgIpc) is 3.29. The fourth-order valence-electron chi connectivity index (χ4n) is 5.53. The maximum absolute atomic E-state index is 14.1. The van der Waals surface area contributed by atoms with Gasteiger partial charge in [0.25, 0.3) is 5.56 Å². The minimum absolute atomic E-state index is 0.103. The van der Waals surface area contributed by atoms with Crippen LogP contribution in [0.2, 0.25) is 0 Å². The summed E-state index contributed by atoms with van der Waals surface area (Å²) >= 11 is 1.38. The first-order chi connectivity index (χ1) is 19.1. The highest BCUT2D eigenvalue weighted by Crippen LogP contribution is 2.43. The number of ether oxygens (including phenoxy) is 4. The molecule has 0 radical (unpaired) electrons. The van der Waals surface area contributed by atoms with E-state index in [9.17, 15) is 4.79 Å². The number of fused-ring (bicyclic) bond motifs is 3. The van der Waals surface area contributed by atoms with Crippen molar-refractivity contribution in [3.8, 4) is 23.0 Å². The van der Waals surface area contributed by atoms with Crippen molar-refractivity contribution in [2.75, 3.05) is 28.4 Å². The number of para-hydroxylation sites is 1. The first-order valence-corrected chi connectivity index (χ1v) is 13.5. The molecule has 6 rings (SSSR count). The van der Waals surface area contributed by atoms with Crippen LogP contribution in [0.4, 0.5) is 0 Å². The molecule has 3 aromatic carbocycles. The standard InChI is InChI=1S/C31H28N2O5S/c1-35-23-12-8-7-11-21(23)28-22-14-13-19-9-5-6-10-20(19)27(22)32-31-33(28)30(34)26(39-31)17-18-15-24(36-2)29(38-4)25(16-18)37-3/h5-12,15-17,28H,13-14H2,1-4H3/b26-17+. The summed E-state index contributed by atoms with van der Waals surface area (Å²) in [5, 5.41) is 0. The lowest BCUT2D eigenvalue weighted by molar-refractivity contribution is 0.324. The number of nitrogens with zero attached hydrogens (tertiary/aromatic N) is 2. The van der Waals surface area contributed by atoms with Gasteiger partial charge in [-0.2, -0.15) is 0 Å². The van der Waals surface area contributed by atoms with Crippen molar-refractivity contribution in [3.05, 3.63) is 108 Å². The van der Waals surface area contributed by atoms with Crippen LogP contribution in [0, 0.1) is 0 Å². The number of thiazole rings is 1. The van der Waals surface area contributed by atoms with Gasteiger partial charge < -0.3 is 18.9 Å². The molecule has 1 aliphatic carbocycles. The van der Waals surface area contributed by atoms with Crippen LogP contribution in [0.3, 0.4) is 0 Å². The number of aryl methyl sites for hydroxylation is 1. The van der Waals surface area contributed by atoms with Gasteiger partial charge in [-0.15, -0.1) is 0 Å². The van der Waals surface area contributed by atoms with Gasteiger partial charge in [-0.05, 0) is 53.8 Å². The zero-order chi connectivity index (χ0) is 27.1. The maximum Gasteiger partial charge on any atom is 0.271 e. The summed E-state index contributed by atoms with van der Waals surface area (Å²) in [6.45, 7) is 0. The van der Waals surface area contributed by atoms with Gasteiger partial charge in [-0.3, -0.25) is 9.36 Å². The first-order valence-electron chi connectivity index (χ1n) is 12.6. The van der Waals surface area contributed by atoms with Crippen molar-refractivity contribution in [2.24, 2.45) is 4.99 Å². The highest BCUT2D eigenvalue weighted by atomic mass is 32.1. The number of hydrogen-bond donors (Lipinski definition) is 0. The predicted octanol–water partition coefficient (Wildman–Crippen LogP) is 4.35. The van der Waals surface area contributed by atoms with Gasteiger partial charge in [0.05, 0.1) is 44.7 Å². The van der Waals surface area contributed by atoms with E-state index in [0.717, 1.165) is 46.6 Å². The van der Waals surface area contributed by atoms with E-state index in [4.69, 9.17) is 23.9 Å². The molecule has 0 saturated carbocycles. The number of methoxy groups -OCH3 is 4. The Balaban J connectivity index is 1.61. The molecule has 2 aliphatic rings. The smallest absolute Gasteiger partial charge is 0.271 e. The van der Waals surface area contributed by atoms with E-state index in [-0.39, 0.29) is 11.6 Å². The van der Waals surface area contributed by atoms with Gasteiger partial charge >= 0.3 is 0 Å². The number of allylic oxidation sites excluding steroid dienone is 1. The molecule has 0 amide bonds. The molecule has 1 unspecified atom stereocenters. The molecule has 0 N–H and O–H groups in total.